The van der Waals surface area contributed by atoms with Gasteiger partial charge in [0.05, 0.1) is 5.69 Å². The van der Waals surface area contributed by atoms with Gasteiger partial charge in [0.1, 0.15) is 6.26 Å². The molecule has 30 heavy (non-hydrogen) atoms. The summed E-state index contributed by atoms with van der Waals surface area (Å²) >= 11 is 0. The van der Waals surface area contributed by atoms with Crippen LogP contribution in [-0.2, 0) is 6.42 Å². The molecule has 154 valence electrons. The number of hydrogen-bond donors (Lipinski definition) is 1. The van der Waals surface area contributed by atoms with Crippen LogP contribution in [0.15, 0.2) is 76.3 Å². The second-order valence-electron chi connectivity index (χ2n) is 7.53. The maximum atomic E-state index is 5.66. The molecule has 0 bridgehead atoms. The molecule has 1 aliphatic rings. The van der Waals surface area contributed by atoms with Gasteiger partial charge in [-0.3, -0.25) is 4.99 Å². The maximum Gasteiger partial charge on any atom is 0.226 e. The van der Waals surface area contributed by atoms with Crippen LogP contribution >= 0.6 is 0 Å². The lowest BCUT2D eigenvalue weighted by Crippen LogP contribution is -2.44. The Morgan fingerprint density at radius 1 is 1.10 bits per heavy atom. The molecule has 0 saturated heterocycles. The van der Waals surface area contributed by atoms with Gasteiger partial charge in [0.25, 0.3) is 0 Å². The molecule has 1 N–H and O–H groups in total. The van der Waals surface area contributed by atoms with Crippen molar-refractivity contribution in [3.8, 4) is 11.5 Å². The third-order valence-electron chi connectivity index (χ3n) is 5.38. The van der Waals surface area contributed by atoms with E-state index in [1.165, 1.54) is 16.7 Å². The number of nitrogens with zero attached hydrogens (tertiary/aromatic N) is 3. The average Bonchev–Trinajstić information content (AvgIpc) is 3.27. The summed E-state index contributed by atoms with van der Waals surface area (Å²) in [5.74, 6) is 1.60. The molecule has 2 heterocycles. The van der Waals surface area contributed by atoms with E-state index in [4.69, 9.17) is 4.42 Å². The van der Waals surface area contributed by atoms with E-state index in [-0.39, 0.29) is 0 Å². The van der Waals surface area contributed by atoms with Crippen LogP contribution in [0.1, 0.15) is 23.2 Å². The van der Waals surface area contributed by atoms with Gasteiger partial charge in [-0.1, -0.05) is 54.1 Å². The van der Waals surface area contributed by atoms with Crippen LogP contribution in [0.25, 0.3) is 17.0 Å². The first-order valence-electron chi connectivity index (χ1n) is 10.4. The van der Waals surface area contributed by atoms with Crippen LogP contribution in [-0.4, -0.2) is 42.5 Å². The van der Waals surface area contributed by atoms with E-state index < -0.39 is 0 Å². The quantitative estimate of drug-likeness (QED) is 0.504. The molecular weight excluding hydrogens is 372 g/mol. The van der Waals surface area contributed by atoms with Crippen molar-refractivity contribution in [1.82, 2.24) is 15.2 Å². The van der Waals surface area contributed by atoms with Crippen molar-refractivity contribution in [2.24, 2.45) is 4.99 Å². The first-order chi connectivity index (χ1) is 14.7. The van der Waals surface area contributed by atoms with Gasteiger partial charge in [-0.05, 0) is 36.6 Å². The molecule has 0 spiro atoms. The minimum absolute atomic E-state index is 0.670. The monoisotopic (exact) mass is 400 g/mol. The van der Waals surface area contributed by atoms with Gasteiger partial charge in [0.2, 0.25) is 5.89 Å². The summed E-state index contributed by atoms with van der Waals surface area (Å²) in [5.41, 5.74) is 5.90. The van der Waals surface area contributed by atoms with Gasteiger partial charge in [0, 0.05) is 38.7 Å². The number of aromatic nitrogens is 1. The van der Waals surface area contributed by atoms with E-state index in [1.807, 2.05) is 19.2 Å². The average molecular weight is 401 g/mol. The van der Waals surface area contributed by atoms with Gasteiger partial charge in [0.15, 0.2) is 5.96 Å². The summed E-state index contributed by atoms with van der Waals surface area (Å²) in [7, 11) is 1.84. The zero-order valence-electron chi connectivity index (χ0n) is 17.6. The standard InChI is InChI=1S/C25H28N4O/c1-19-8-10-22(11-9-19)24-28-23(18-30-24)12-15-27-25(26-2)29-16-13-21(14-17-29)20-6-4-3-5-7-20/h3-11,13,18H,12,14-17H2,1-2H3,(H,26,27). The molecule has 0 atom stereocenters. The summed E-state index contributed by atoms with van der Waals surface area (Å²) in [4.78, 5) is 11.4. The lowest BCUT2D eigenvalue weighted by atomic mass is 10.00. The van der Waals surface area contributed by atoms with E-state index in [0.29, 0.717) is 5.89 Å². The number of oxazole rings is 1. The highest BCUT2D eigenvalue weighted by Crippen LogP contribution is 2.22. The summed E-state index contributed by atoms with van der Waals surface area (Å²) in [6, 6.07) is 18.8. The Balaban J connectivity index is 1.29. The summed E-state index contributed by atoms with van der Waals surface area (Å²) in [5, 5.41) is 3.46. The molecule has 0 saturated carbocycles. The first kappa shape index (κ1) is 20.0. The Kier molecular flexibility index (Phi) is 6.28. The highest BCUT2D eigenvalue weighted by Gasteiger charge is 2.16. The molecule has 3 aromatic rings. The number of benzene rings is 2. The molecule has 2 aromatic carbocycles. The highest BCUT2D eigenvalue weighted by atomic mass is 16.3. The fraction of sp³-hybridized carbons (Fsp3) is 0.280. The van der Waals surface area contributed by atoms with E-state index in [9.17, 15) is 0 Å². The largest absolute Gasteiger partial charge is 0.444 e. The number of hydrogen-bond acceptors (Lipinski definition) is 3. The number of aliphatic imine (C=N–C) groups is 1. The number of aryl methyl sites for hydroxylation is 1. The van der Waals surface area contributed by atoms with Crippen molar-refractivity contribution in [1.29, 1.82) is 0 Å². The highest BCUT2D eigenvalue weighted by molar-refractivity contribution is 5.81. The zero-order valence-corrected chi connectivity index (χ0v) is 17.6. The summed E-state index contributed by atoms with van der Waals surface area (Å²) < 4.78 is 5.66. The van der Waals surface area contributed by atoms with Crippen molar-refractivity contribution in [2.45, 2.75) is 19.8 Å². The maximum absolute atomic E-state index is 5.66. The second-order valence-corrected chi connectivity index (χ2v) is 7.53. The Labute approximate surface area is 178 Å². The first-order valence-corrected chi connectivity index (χ1v) is 10.4. The lowest BCUT2D eigenvalue weighted by Gasteiger charge is -2.29. The smallest absolute Gasteiger partial charge is 0.226 e. The van der Waals surface area contributed by atoms with Gasteiger partial charge >= 0.3 is 0 Å². The Bertz CT molecular complexity index is 1020. The van der Waals surface area contributed by atoms with E-state index >= 15 is 0 Å². The van der Waals surface area contributed by atoms with Crippen molar-refractivity contribution in [2.75, 3.05) is 26.7 Å². The van der Waals surface area contributed by atoms with Crippen molar-refractivity contribution >= 4 is 11.5 Å². The predicted molar refractivity (Wildman–Crippen MR) is 122 cm³/mol. The molecule has 0 amide bonds. The minimum Gasteiger partial charge on any atom is -0.444 e. The normalized spacial score (nSPS) is 14.5. The second kappa shape index (κ2) is 9.44. The predicted octanol–water partition coefficient (Wildman–Crippen LogP) is 4.56. The number of nitrogens with one attached hydrogen (secondary N) is 1. The fourth-order valence-electron chi connectivity index (χ4n) is 3.66. The molecule has 0 aliphatic carbocycles. The Morgan fingerprint density at radius 2 is 1.90 bits per heavy atom. The number of guanidine groups is 1. The van der Waals surface area contributed by atoms with Crippen LogP contribution in [0, 0.1) is 6.92 Å². The fourth-order valence-corrected chi connectivity index (χ4v) is 3.66. The van der Waals surface area contributed by atoms with Crippen LogP contribution in [0.2, 0.25) is 0 Å². The summed E-state index contributed by atoms with van der Waals surface area (Å²) in [6.45, 7) is 4.66. The lowest BCUT2D eigenvalue weighted by molar-refractivity contribution is 0.440. The van der Waals surface area contributed by atoms with Crippen molar-refractivity contribution in [3.63, 3.8) is 0 Å². The SMILES string of the molecule is CN=C(NCCc1coc(-c2ccc(C)cc2)n1)N1CC=C(c2ccccc2)CC1. The van der Waals surface area contributed by atoms with Crippen LogP contribution in [0.5, 0.6) is 0 Å². The number of rotatable bonds is 5. The molecule has 4 rings (SSSR count). The van der Waals surface area contributed by atoms with Crippen LogP contribution in [0.3, 0.4) is 0 Å². The molecule has 5 heteroatoms. The molecule has 5 nitrogen and oxygen atoms in total. The minimum atomic E-state index is 0.670. The zero-order chi connectivity index (χ0) is 20.8. The molecule has 0 fully saturated rings. The molecule has 0 unspecified atom stereocenters. The topological polar surface area (TPSA) is 53.7 Å². The van der Waals surface area contributed by atoms with Gasteiger partial charge < -0.3 is 14.6 Å². The van der Waals surface area contributed by atoms with Gasteiger partial charge in [-0.25, -0.2) is 4.98 Å². The van der Waals surface area contributed by atoms with Gasteiger partial charge in [-0.15, -0.1) is 0 Å². The molecule has 1 aromatic heterocycles. The van der Waals surface area contributed by atoms with Crippen molar-refractivity contribution in [3.05, 3.63) is 83.8 Å². The van der Waals surface area contributed by atoms with Crippen molar-refractivity contribution < 1.29 is 4.42 Å². The molecule has 1 aliphatic heterocycles. The molecule has 0 radical (unpaired) electrons. The van der Waals surface area contributed by atoms with Crippen LogP contribution in [0.4, 0.5) is 0 Å². The Hall–Kier alpha value is -3.34. The third kappa shape index (κ3) is 4.79. The van der Waals surface area contributed by atoms with E-state index in [2.05, 4.69) is 75.7 Å². The third-order valence-corrected chi connectivity index (χ3v) is 5.38. The van der Waals surface area contributed by atoms with Gasteiger partial charge in [-0.2, -0.15) is 0 Å². The Morgan fingerprint density at radius 3 is 2.60 bits per heavy atom. The van der Waals surface area contributed by atoms with Crippen LogP contribution < -0.4 is 5.32 Å². The summed E-state index contributed by atoms with van der Waals surface area (Å²) in [6.07, 6.45) is 5.85. The van der Waals surface area contributed by atoms with E-state index in [1.54, 1.807) is 6.26 Å². The van der Waals surface area contributed by atoms with E-state index in [0.717, 1.165) is 49.7 Å². The molecular formula is C25H28N4O.